The van der Waals surface area contributed by atoms with Crippen molar-refractivity contribution in [2.45, 2.75) is 38.5 Å². The summed E-state index contributed by atoms with van der Waals surface area (Å²) in [7, 11) is 3.87. The van der Waals surface area contributed by atoms with E-state index in [1.165, 1.54) is 6.08 Å². The van der Waals surface area contributed by atoms with Gasteiger partial charge in [-0.2, -0.15) is 0 Å². The lowest BCUT2D eigenvalue weighted by molar-refractivity contribution is -0.131. The smallest absolute Gasteiger partial charge is 0.328 e. The number of carboxylic acid groups (broad SMARTS) is 1. The van der Waals surface area contributed by atoms with Crippen molar-refractivity contribution in [2.75, 3.05) is 24.3 Å². The Balaban J connectivity index is 1.50. The van der Waals surface area contributed by atoms with Gasteiger partial charge in [-0.3, -0.25) is 9.78 Å². The van der Waals surface area contributed by atoms with Crippen LogP contribution in [0.2, 0.25) is 0 Å². The number of carbonyl (C=O) groups excluding carboxylic acids is 1. The minimum absolute atomic E-state index is 0.0239. The highest BCUT2D eigenvalue weighted by atomic mass is 16.4. The molecule has 36 heavy (non-hydrogen) atoms. The van der Waals surface area contributed by atoms with Crippen LogP contribution < -0.4 is 10.2 Å². The largest absolute Gasteiger partial charge is 0.478 e. The normalized spacial score (nSPS) is 14.9. The number of carboxylic acids is 1. The number of rotatable bonds is 8. The molecule has 1 amide bonds. The molecule has 1 aliphatic carbocycles. The van der Waals surface area contributed by atoms with Gasteiger partial charge in [0.05, 0.1) is 23.5 Å². The molecule has 3 aromatic rings. The first-order valence-electron chi connectivity index (χ1n) is 12.3. The molecule has 7 heteroatoms. The second kappa shape index (κ2) is 11.2. The maximum absolute atomic E-state index is 13.6. The number of aliphatic carboxylic acids is 1. The highest BCUT2D eigenvalue weighted by Gasteiger charge is 2.39. The fourth-order valence-corrected chi connectivity index (χ4v) is 4.75. The van der Waals surface area contributed by atoms with Crippen LogP contribution in [0.4, 0.5) is 11.5 Å². The van der Waals surface area contributed by atoms with Crippen LogP contribution in [0, 0.1) is 5.41 Å². The van der Waals surface area contributed by atoms with E-state index in [9.17, 15) is 9.59 Å². The fourth-order valence-electron chi connectivity index (χ4n) is 4.75. The second-order valence-corrected chi connectivity index (χ2v) is 9.62. The van der Waals surface area contributed by atoms with Gasteiger partial charge in [-0.05, 0) is 48.6 Å². The Labute approximate surface area is 211 Å². The van der Waals surface area contributed by atoms with Gasteiger partial charge in [-0.1, -0.05) is 55.7 Å². The molecular formula is C29H32N4O3. The van der Waals surface area contributed by atoms with Crippen LogP contribution >= 0.6 is 0 Å². The maximum atomic E-state index is 13.6. The van der Waals surface area contributed by atoms with Gasteiger partial charge in [0, 0.05) is 31.4 Å². The standard InChI is InChI=1S/C29H32N4O3/c1-33(2)26-20-30-25(19-31-26)23-12-9-22(10-13-23)18-29(15-4-3-5-16-29)28(36)32-24-8-6-7-21(17-24)11-14-27(34)35/h6-14,17,19-20H,3-5,15-16,18H2,1-2H3,(H,32,36)(H,34,35)/b14-11+. The Bertz CT molecular complexity index is 1230. The molecule has 1 aromatic heterocycles. The van der Waals surface area contributed by atoms with Crippen molar-refractivity contribution in [3.8, 4) is 11.3 Å². The van der Waals surface area contributed by atoms with Crippen molar-refractivity contribution >= 4 is 29.5 Å². The average Bonchev–Trinajstić information content (AvgIpc) is 2.89. The summed E-state index contributed by atoms with van der Waals surface area (Å²) in [4.78, 5) is 35.3. The van der Waals surface area contributed by atoms with Crippen LogP contribution in [0.15, 0.2) is 67.0 Å². The van der Waals surface area contributed by atoms with E-state index in [4.69, 9.17) is 5.11 Å². The molecule has 0 saturated heterocycles. The summed E-state index contributed by atoms with van der Waals surface area (Å²) in [6, 6.07) is 15.5. The van der Waals surface area contributed by atoms with Crippen LogP contribution in [0.1, 0.15) is 43.2 Å². The quantitative estimate of drug-likeness (QED) is 0.414. The number of benzene rings is 2. The van der Waals surface area contributed by atoms with E-state index in [0.29, 0.717) is 12.1 Å². The molecule has 1 fully saturated rings. The molecule has 0 spiro atoms. The summed E-state index contributed by atoms with van der Waals surface area (Å²) in [5.41, 5.74) is 3.85. The van der Waals surface area contributed by atoms with Crippen molar-refractivity contribution in [3.63, 3.8) is 0 Å². The summed E-state index contributed by atoms with van der Waals surface area (Å²) >= 11 is 0. The van der Waals surface area contributed by atoms with Crippen LogP contribution in [0.25, 0.3) is 17.3 Å². The Kier molecular flexibility index (Phi) is 7.78. The highest BCUT2D eigenvalue weighted by molar-refractivity contribution is 5.96. The first-order chi connectivity index (χ1) is 17.3. The zero-order valence-electron chi connectivity index (χ0n) is 20.8. The van der Waals surface area contributed by atoms with E-state index in [2.05, 4.69) is 27.4 Å². The predicted molar refractivity (Wildman–Crippen MR) is 143 cm³/mol. The molecule has 1 saturated carbocycles. The van der Waals surface area contributed by atoms with Gasteiger partial charge >= 0.3 is 5.97 Å². The third-order valence-corrected chi connectivity index (χ3v) is 6.74. The lowest BCUT2D eigenvalue weighted by atomic mass is 9.69. The Morgan fingerprint density at radius 3 is 2.42 bits per heavy atom. The monoisotopic (exact) mass is 484 g/mol. The molecule has 186 valence electrons. The first-order valence-corrected chi connectivity index (χ1v) is 12.3. The number of nitrogens with zero attached hydrogens (tertiary/aromatic N) is 3. The predicted octanol–water partition coefficient (Wildman–Crippen LogP) is 5.44. The number of carbonyl (C=O) groups is 2. The van der Waals surface area contributed by atoms with E-state index in [-0.39, 0.29) is 5.91 Å². The average molecular weight is 485 g/mol. The Morgan fingerprint density at radius 1 is 1.03 bits per heavy atom. The van der Waals surface area contributed by atoms with Gasteiger partial charge in [0.25, 0.3) is 0 Å². The SMILES string of the molecule is CN(C)c1cnc(-c2ccc(CC3(C(=O)Nc4cccc(/C=C/C(=O)O)c4)CCCCC3)cc2)cn1. The summed E-state index contributed by atoms with van der Waals surface area (Å²) in [6.45, 7) is 0. The molecule has 0 atom stereocenters. The summed E-state index contributed by atoms with van der Waals surface area (Å²) < 4.78 is 0. The van der Waals surface area contributed by atoms with Crippen LogP contribution in [-0.2, 0) is 16.0 Å². The lowest BCUT2D eigenvalue weighted by Gasteiger charge is -2.36. The summed E-state index contributed by atoms with van der Waals surface area (Å²) in [5, 5.41) is 12.0. The minimum Gasteiger partial charge on any atom is -0.478 e. The summed E-state index contributed by atoms with van der Waals surface area (Å²) in [5.74, 6) is -0.172. The third-order valence-electron chi connectivity index (χ3n) is 6.74. The molecule has 0 unspecified atom stereocenters. The number of aromatic nitrogens is 2. The summed E-state index contributed by atoms with van der Waals surface area (Å²) in [6.07, 6.45) is 11.7. The zero-order valence-corrected chi connectivity index (χ0v) is 20.8. The second-order valence-electron chi connectivity index (χ2n) is 9.62. The first kappa shape index (κ1) is 25.1. The van der Waals surface area contributed by atoms with Crippen molar-refractivity contribution in [3.05, 3.63) is 78.1 Å². The van der Waals surface area contributed by atoms with Gasteiger partial charge in [0.1, 0.15) is 5.82 Å². The molecule has 1 aliphatic rings. The van der Waals surface area contributed by atoms with E-state index in [1.807, 2.05) is 49.3 Å². The van der Waals surface area contributed by atoms with Crippen molar-refractivity contribution in [1.29, 1.82) is 0 Å². The molecule has 7 nitrogen and oxygen atoms in total. The van der Waals surface area contributed by atoms with E-state index in [1.54, 1.807) is 18.5 Å². The van der Waals surface area contributed by atoms with Crippen LogP contribution in [0.3, 0.4) is 0 Å². The zero-order chi connectivity index (χ0) is 25.5. The molecule has 0 aliphatic heterocycles. The molecule has 0 bridgehead atoms. The highest BCUT2D eigenvalue weighted by Crippen LogP contribution is 2.40. The van der Waals surface area contributed by atoms with E-state index in [0.717, 1.165) is 66.4 Å². The van der Waals surface area contributed by atoms with E-state index >= 15 is 0 Å². The molecule has 1 heterocycles. The maximum Gasteiger partial charge on any atom is 0.328 e. The van der Waals surface area contributed by atoms with Gasteiger partial charge < -0.3 is 15.3 Å². The molecular weight excluding hydrogens is 452 g/mol. The number of hydrogen-bond acceptors (Lipinski definition) is 5. The van der Waals surface area contributed by atoms with Gasteiger partial charge in [-0.25, -0.2) is 9.78 Å². The number of nitrogens with one attached hydrogen (secondary N) is 1. The van der Waals surface area contributed by atoms with Gasteiger partial charge in [0.2, 0.25) is 5.91 Å². The molecule has 4 rings (SSSR count). The van der Waals surface area contributed by atoms with Crippen LogP contribution in [0.5, 0.6) is 0 Å². The minimum atomic E-state index is -1.01. The van der Waals surface area contributed by atoms with Crippen LogP contribution in [-0.4, -0.2) is 41.0 Å². The van der Waals surface area contributed by atoms with Gasteiger partial charge in [0.15, 0.2) is 0 Å². The van der Waals surface area contributed by atoms with Crippen molar-refractivity contribution in [2.24, 2.45) is 5.41 Å². The van der Waals surface area contributed by atoms with Crippen molar-refractivity contribution < 1.29 is 14.7 Å². The molecule has 2 aromatic carbocycles. The van der Waals surface area contributed by atoms with Gasteiger partial charge in [-0.15, -0.1) is 0 Å². The fraction of sp³-hybridized carbons (Fsp3) is 0.310. The number of anilines is 2. The number of hydrogen-bond donors (Lipinski definition) is 2. The third kappa shape index (κ3) is 6.16. The Hall–Kier alpha value is -4.00. The topological polar surface area (TPSA) is 95.4 Å². The lowest BCUT2D eigenvalue weighted by Crippen LogP contribution is -2.40. The number of amides is 1. The van der Waals surface area contributed by atoms with E-state index < -0.39 is 11.4 Å². The van der Waals surface area contributed by atoms with Crippen molar-refractivity contribution in [1.82, 2.24) is 9.97 Å². The molecule has 2 N–H and O–H groups in total. The molecule has 0 radical (unpaired) electrons. The Morgan fingerprint density at radius 2 is 1.78 bits per heavy atom.